The number of hydrogen-bond acceptors (Lipinski definition) is 2. The fraction of sp³-hybridized carbons (Fsp3) is 0.538. The number of thioether (sulfide) groups is 1. The lowest BCUT2D eigenvalue weighted by Crippen LogP contribution is -2.29. The molecule has 2 N–H and O–H groups in total. The van der Waals surface area contributed by atoms with Crippen LogP contribution in [0.4, 0.5) is 0 Å². The molecule has 0 heterocycles. The molecular formula is C13H19NS. The topological polar surface area (TPSA) is 26.0 Å². The third-order valence-electron chi connectivity index (χ3n) is 2.96. The smallest absolute Gasteiger partial charge is 0.0109 e. The molecule has 2 unspecified atom stereocenters. The lowest BCUT2D eigenvalue weighted by atomic mass is 9.96. The molecule has 82 valence electrons. The molecule has 1 aromatic carbocycles. The average molecular weight is 221 g/mol. The molecule has 2 atom stereocenters. The molecule has 0 saturated heterocycles. The molecule has 0 spiro atoms. The second-order valence-electron chi connectivity index (χ2n) is 4.48. The molecule has 0 aliphatic heterocycles. The summed E-state index contributed by atoms with van der Waals surface area (Å²) >= 11 is 2.00. The van der Waals surface area contributed by atoms with Crippen molar-refractivity contribution < 1.29 is 0 Å². The van der Waals surface area contributed by atoms with Gasteiger partial charge in [-0.25, -0.2) is 0 Å². The molecule has 0 aromatic heterocycles. The molecule has 1 nitrogen and oxygen atoms in total. The van der Waals surface area contributed by atoms with Crippen LogP contribution in [-0.2, 0) is 0 Å². The first-order valence-corrected chi connectivity index (χ1v) is 6.61. The number of benzene rings is 1. The molecule has 1 aliphatic rings. The third-order valence-corrected chi connectivity index (χ3v) is 4.25. The maximum Gasteiger partial charge on any atom is 0.0109 e. The highest BCUT2D eigenvalue weighted by Crippen LogP contribution is 2.33. The van der Waals surface area contributed by atoms with Crippen LogP contribution in [0.3, 0.4) is 0 Å². The SMILES string of the molecule is Cc1cccc(SC2CCCC(N)C2)c1. The van der Waals surface area contributed by atoms with Gasteiger partial charge in [-0.2, -0.15) is 0 Å². The molecule has 0 bridgehead atoms. The van der Waals surface area contributed by atoms with E-state index < -0.39 is 0 Å². The van der Waals surface area contributed by atoms with E-state index >= 15 is 0 Å². The summed E-state index contributed by atoms with van der Waals surface area (Å²) in [4.78, 5) is 1.40. The van der Waals surface area contributed by atoms with E-state index in [0.717, 1.165) is 5.25 Å². The summed E-state index contributed by atoms with van der Waals surface area (Å²) in [6.45, 7) is 2.15. The Balaban J connectivity index is 1.96. The van der Waals surface area contributed by atoms with Crippen molar-refractivity contribution in [3.05, 3.63) is 29.8 Å². The highest BCUT2D eigenvalue weighted by Gasteiger charge is 2.19. The van der Waals surface area contributed by atoms with Gasteiger partial charge in [0, 0.05) is 16.2 Å². The molecule has 1 fully saturated rings. The highest BCUT2D eigenvalue weighted by atomic mass is 32.2. The Kier molecular flexibility index (Phi) is 3.71. The van der Waals surface area contributed by atoms with Crippen molar-refractivity contribution in [3.63, 3.8) is 0 Å². The summed E-state index contributed by atoms with van der Waals surface area (Å²) in [5.74, 6) is 0. The van der Waals surface area contributed by atoms with Gasteiger partial charge in [0.15, 0.2) is 0 Å². The van der Waals surface area contributed by atoms with E-state index in [1.54, 1.807) is 0 Å². The van der Waals surface area contributed by atoms with Crippen molar-refractivity contribution >= 4 is 11.8 Å². The quantitative estimate of drug-likeness (QED) is 0.828. The van der Waals surface area contributed by atoms with Gasteiger partial charge in [-0.1, -0.05) is 24.1 Å². The summed E-state index contributed by atoms with van der Waals surface area (Å²) < 4.78 is 0. The van der Waals surface area contributed by atoms with Crippen LogP contribution in [0.25, 0.3) is 0 Å². The van der Waals surface area contributed by atoms with Gasteiger partial charge in [0.05, 0.1) is 0 Å². The number of rotatable bonds is 2. The minimum Gasteiger partial charge on any atom is -0.328 e. The van der Waals surface area contributed by atoms with Crippen LogP contribution in [0, 0.1) is 6.92 Å². The van der Waals surface area contributed by atoms with Crippen molar-refractivity contribution in [2.45, 2.75) is 48.8 Å². The predicted octanol–water partition coefficient (Wildman–Crippen LogP) is 3.36. The van der Waals surface area contributed by atoms with E-state index in [1.807, 2.05) is 11.8 Å². The van der Waals surface area contributed by atoms with Crippen LogP contribution >= 0.6 is 11.8 Å². The Morgan fingerprint density at radius 2 is 2.20 bits per heavy atom. The molecule has 1 aliphatic carbocycles. The monoisotopic (exact) mass is 221 g/mol. The second kappa shape index (κ2) is 5.04. The van der Waals surface area contributed by atoms with E-state index in [-0.39, 0.29) is 0 Å². The summed E-state index contributed by atoms with van der Waals surface area (Å²) in [5, 5.41) is 0.732. The molecule has 1 saturated carbocycles. The van der Waals surface area contributed by atoms with Gasteiger partial charge in [0.1, 0.15) is 0 Å². The Morgan fingerprint density at radius 3 is 2.93 bits per heavy atom. The lowest BCUT2D eigenvalue weighted by Gasteiger charge is -2.26. The van der Waals surface area contributed by atoms with Crippen molar-refractivity contribution in [3.8, 4) is 0 Å². The van der Waals surface area contributed by atoms with Crippen molar-refractivity contribution in [1.82, 2.24) is 0 Å². The summed E-state index contributed by atoms with van der Waals surface area (Å²) in [7, 11) is 0. The lowest BCUT2D eigenvalue weighted by molar-refractivity contribution is 0.451. The van der Waals surface area contributed by atoms with Crippen LogP contribution in [0.1, 0.15) is 31.2 Å². The maximum atomic E-state index is 6.00. The minimum absolute atomic E-state index is 0.432. The Hall–Kier alpha value is -0.470. The van der Waals surface area contributed by atoms with Gasteiger partial charge in [-0.15, -0.1) is 11.8 Å². The molecule has 2 rings (SSSR count). The van der Waals surface area contributed by atoms with Gasteiger partial charge in [0.25, 0.3) is 0 Å². The molecule has 0 radical (unpaired) electrons. The van der Waals surface area contributed by atoms with E-state index in [1.165, 1.54) is 36.1 Å². The Bertz CT molecular complexity index is 324. The van der Waals surface area contributed by atoms with Gasteiger partial charge in [0.2, 0.25) is 0 Å². The van der Waals surface area contributed by atoms with Crippen LogP contribution < -0.4 is 5.73 Å². The number of nitrogens with two attached hydrogens (primary N) is 1. The number of aryl methyl sites for hydroxylation is 1. The van der Waals surface area contributed by atoms with Gasteiger partial charge >= 0.3 is 0 Å². The normalized spacial score (nSPS) is 26.5. The molecular weight excluding hydrogens is 202 g/mol. The summed E-state index contributed by atoms with van der Waals surface area (Å²) in [5.41, 5.74) is 7.34. The number of hydrogen-bond donors (Lipinski definition) is 1. The zero-order valence-electron chi connectivity index (χ0n) is 9.28. The van der Waals surface area contributed by atoms with E-state index in [9.17, 15) is 0 Å². The zero-order valence-corrected chi connectivity index (χ0v) is 10.1. The van der Waals surface area contributed by atoms with E-state index in [0.29, 0.717) is 6.04 Å². The summed E-state index contributed by atoms with van der Waals surface area (Å²) in [6.07, 6.45) is 5.01. The van der Waals surface area contributed by atoms with Crippen molar-refractivity contribution in [2.75, 3.05) is 0 Å². The second-order valence-corrected chi connectivity index (χ2v) is 5.86. The minimum atomic E-state index is 0.432. The molecule has 1 aromatic rings. The maximum absolute atomic E-state index is 6.00. The molecule has 0 amide bonds. The van der Waals surface area contributed by atoms with Gasteiger partial charge in [-0.05, 0) is 38.3 Å². The van der Waals surface area contributed by atoms with Gasteiger partial charge in [-0.3, -0.25) is 0 Å². The zero-order chi connectivity index (χ0) is 10.7. The van der Waals surface area contributed by atoms with Crippen molar-refractivity contribution in [2.24, 2.45) is 5.73 Å². The first-order valence-electron chi connectivity index (χ1n) is 5.73. The average Bonchev–Trinajstić information content (AvgIpc) is 2.17. The first-order chi connectivity index (χ1) is 7.24. The largest absolute Gasteiger partial charge is 0.328 e. The summed E-state index contributed by atoms with van der Waals surface area (Å²) in [6, 6.07) is 9.20. The fourth-order valence-electron chi connectivity index (χ4n) is 2.17. The van der Waals surface area contributed by atoms with Crippen molar-refractivity contribution in [1.29, 1.82) is 0 Å². The molecule has 15 heavy (non-hydrogen) atoms. The first kappa shape index (κ1) is 11.0. The Labute approximate surface area is 96.4 Å². The van der Waals surface area contributed by atoms with Crippen LogP contribution in [-0.4, -0.2) is 11.3 Å². The van der Waals surface area contributed by atoms with E-state index in [4.69, 9.17) is 5.73 Å². The predicted molar refractivity (Wildman–Crippen MR) is 67.3 cm³/mol. The third kappa shape index (κ3) is 3.25. The van der Waals surface area contributed by atoms with E-state index in [2.05, 4.69) is 31.2 Å². The van der Waals surface area contributed by atoms with Gasteiger partial charge < -0.3 is 5.73 Å². The standard InChI is InChI=1S/C13H19NS/c1-10-4-2-6-12(8-10)15-13-7-3-5-11(14)9-13/h2,4,6,8,11,13H,3,5,7,9,14H2,1H3. The van der Waals surface area contributed by atoms with Crippen LogP contribution in [0.15, 0.2) is 29.2 Å². The molecule has 2 heteroatoms. The highest BCUT2D eigenvalue weighted by molar-refractivity contribution is 8.00. The Morgan fingerprint density at radius 1 is 1.33 bits per heavy atom. The van der Waals surface area contributed by atoms with Crippen LogP contribution in [0.5, 0.6) is 0 Å². The van der Waals surface area contributed by atoms with Crippen LogP contribution in [0.2, 0.25) is 0 Å². The fourth-order valence-corrected chi connectivity index (χ4v) is 3.59.